The first-order valence-corrected chi connectivity index (χ1v) is 7.54. The molecule has 0 saturated heterocycles. The first-order chi connectivity index (χ1) is 11.5. The van der Waals surface area contributed by atoms with Crippen molar-refractivity contribution in [2.75, 3.05) is 5.32 Å². The molecule has 0 aromatic heterocycles. The van der Waals surface area contributed by atoms with Gasteiger partial charge < -0.3 is 10.4 Å². The van der Waals surface area contributed by atoms with Crippen LogP contribution in [0.3, 0.4) is 0 Å². The van der Waals surface area contributed by atoms with Crippen LogP contribution in [0, 0.1) is 0 Å². The van der Waals surface area contributed by atoms with Gasteiger partial charge in [0.1, 0.15) is 5.75 Å². The number of carbonyl (C=O) groups is 2. The Labute approximate surface area is 140 Å². The van der Waals surface area contributed by atoms with E-state index in [9.17, 15) is 14.7 Å². The second kappa shape index (κ2) is 7.92. The summed E-state index contributed by atoms with van der Waals surface area (Å²) in [6, 6.07) is 13.3. The zero-order valence-electron chi connectivity index (χ0n) is 13.5. The molecule has 0 radical (unpaired) electrons. The van der Waals surface area contributed by atoms with Gasteiger partial charge in [-0.25, -0.2) is 5.43 Å². The van der Waals surface area contributed by atoms with Crippen LogP contribution in [0.15, 0.2) is 53.6 Å². The van der Waals surface area contributed by atoms with E-state index < -0.39 is 0 Å². The number of aromatic hydroxyl groups is 1. The van der Waals surface area contributed by atoms with Crippen LogP contribution in [0.4, 0.5) is 5.69 Å². The lowest BCUT2D eigenvalue weighted by molar-refractivity contribution is -0.115. The SMILES string of the molecule is CCC(=O)Nc1ccc(C(=O)N/N=C(\C)c2ccccc2O)cc1. The third kappa shape index (κ3) is 4.42. The van der Waals surface area contributed by atoms with E-state index in [2.05, 4.69) is 15.8 Å². The van der Waals surface area contributed by atoms with Gasteiger partial charge in [-0.05, 0) is 43.3 Å². The Hall–Kier alpha value is -3.15. The highest BCUT2D eigenvalue weighted by molar-refractivity contribution is 6.02. The van der Waals surface area contributed by atoms with E-state index in [1.165, 1.54) is 0 Å². The number of hydrazone groups is 1. The number of phenols is 1. The number of anilines is 1. The minimum Gasteiger partial charge on any atom is -0.507 e. The van der Waals surface area contributed by atoms with Gasteiger partial charge in [0.15, 0.2) is 0 Å². The molecule has 24 heavy (non-hydrogen) atoms. The standard InChI is InChI=1S/C18H19N3O3/c1-3-17(23)19-14-10-8-13(9-11-14)18(24)21-20-12(2)15-6-4-5-7-16(15)22/h4-11,22H,3H2,1-2H3,(H,19,23)(H,21,24)/b20-12+. The maximum absolute atomic E-state index is 12.1. The van der Waals surface area contributed by atoms with Crippen LogP contribution < -0.4 is 10.7 Å². The second-order valence-electron chi connectivity index (χ2n) is 5.13. The van der Waals surface area contributed by atoms with Crippen molar-refractivity contribution in [1.29, 1.82) is 0 Å². The average molecular weight is 325 g/mol. The van der Waals surface area contributed by atoms with Crippen LogP contribution in [0.1, 0.15) is 36.2 Å². The van der Waals surface area contributed by atoms with Crippen LogP contribution in [0.2, 0.25) is 0 Å². The number of nitrogens with zero attached hydrogens (tertiary/aromatic N) is 1. The van der Waals surface area contributed by atoms with Crippen molar-refractivity contribution >= 4 is 23.2 Å². The molecule has 2 rings (SSSR count). The third-order valence-electron chi connectivity index (χ3n) is 3.37. The molecule has 124 valence electrons. The van der Waals surface area contributed by atoms with Crippen molar-refractivity contribution in [1.82, 2.24) is 5.43 Å². The Kier molecular flexibility index (Phi) is 5.68. The van der Waals surface area contributed by atoms with Gasteiger partial charge in [0.2, 0.25) is 5.91 Å². The van der Waals surface area contributed by atoms with Gasteiger partial charge in [0.25, 0.3) is 5.91 Å². The number of benzene rings is 2. The van der Waals surface area contributed by atoms with Gasteiger partial charge >= 0.3 is 0 Å². The van der Waals surface area contributed by atoms with E-state index in [4.69, 9.17) is 0 Å². The first kappa shape index (κ1) is 17.2. The predicted octanol–water partition coefficient (Wildman–Crippen LogP) is 2.89. The number of amides is 2. The third-order valence-corrected chi connectivity index (χ3v) is 3.37. The van der Waals surface area contributed by atoms with Crippen molar-refractivity contribution in [3.63, 3.8) is 0 Å². The highest BCUT2D eigenvalue weighted by atomic mass is 16.3. The Morgan fingerprint density at radius 1 is 1.08 bits per heavy atom. The fourth-order valence-corrected chi connectivity index (χ4v) is 1.99. The van der Waals surface area contributed by atoms with Crippen molar-refractivity contribution in [2.24, 2.45) is 5.10 Å². The van der Waals surface area contributed by atoms with Gasteiger partial charge in [-0.3, -0.25) is 9.59 Å². The Morgan fingerprint density at radius 2 is 1.75 bits per heavy atom. The summed E-state index contributed by atoms with van der Waals surface area (Å²) in [5.74, 6) is -0.364. The molecule has 6 nitrogen and oxygen atoms in total. The van der Waals surface area contributed by atoms with Gasteiger partial charge in [0.05, 0.1) is 5.71 Å². The molecular weight excluding hydrogens is 306 g/mol. The number of carbonyl (C=O) groups excluding carboxylic acids is 2. The predicted molar refractivity (Wildman–Crippen MR) is 93.1 cm³/mol. The lowest BCUT2D eigenvalue weighted by Gasteiger charge is -2.06. The highest BCUT2D eigenvalue weighted by Gasteiger charge is 2.07. The second-order valence-corrected chi connectivity index (χ2v) is 5.13. The van der Waals surface area contributed by atoms with Gasteiger partial charge in [0, 0.05) is 23.2 Å². The maximum atomic E-state index is 12.1. The molecule has 0 aliphatic heterocycles. The number of hydrogen-bond acceptors (Lipinski definition) is 4. The van der Waals surface area contributed by atoms with Crippen LogP contribution in [-0.4, -0.2) is 22.6 Å². The summed E-state index contributed by atoms with van der Waals surface area (Å²) in [6.07, 6.45) is 0.391. The van der Waals surface area contributed by atoms with Gasteiger partial charge in [-0.2, -0.15) is 5.10 Å². The molecule has 0 bridgehead atoms. The molecule has 0 heterocycles. The molecule has 0 aliphatic carbocycles. The molecule has 0 spiro atoms. The monoisotopic (exact) mass is 325 g/mol. The quantitative estimate of drug-likeness (QED) is 0.583. The minimum absolute atomic E-state index is 0.0879. The summed E-state index contributed by atoms with van der Waals surface area (Å²) >= 11 is 0. The zero-order valence-corrected chi connectivity index (χ0v) is 13.5. The number of rotatable bonds is 5. The fourth-order valence-electron chi connectivity index (χ4n) is 1.99. The molecule has 3 N–H and O–H groups in total. The molecule has 0 aliphatic rings. The number of para-hydroxylation sites is 1. The zero-order chi connectivity index (χ0) is 17.5. The van der Waals surface area contributed by atoms with Crippen molar-refractivity contribution < 1.29 is 14.7 Å². The van der Waals surface area contributed by atoms with E-state index in [-0.39, 0.29) is 17.6 Å². The Morgan fingerprint density at radius 3 is 2.38 bits per heavy atom. The normalized spacial score (nSPS) is 11.0. The van der Waals surface area contributed by atoms with E-state index >= 15 is 0 Å². The van der Waals surface area contributed by atoms with Gasteiger partial charge in [-0.1, -0.05) is 19.1 Å². The van der Waals surface area contributed by atoms with Crippen LogP contribution in [0.5, 0.6) is 5.75 Å². The van der Waals surface area contributed by atoms with E-state index in [0.717, 1.165) is 0 Å². The number of hydrogen-bond donors (Lipinski definition) is 3. The molecule has 2 aromatic rings. The van der Waals surface area contributed by atoms with E-state index in [0.29, 0.717) is 28.9 Å². The molecule has 0 saturated carbocycles. The summed E-state index contributed by atoms with van der Waals surface area (Å²) in [6.45, 7) is 3.46. The molecule has 0 fully saturated rings. The molecule has 0 atom stereocenters. The Balaban J connectivity index is 2.03. The lowest BCUT2D eigenvalue weighted by atomic mass is 10.1. The Bertz CT molecular complexity index is 767. The molecular formula is C18H19N3O3. The van der Waals surface area contributed by atoms with Gasteiger partial charge in [-0.15, -0.1) is 0 Å². The van der Waals surface area contributed by atoms with E-state index in [1.54, 1.807) is 62.4 Å². The number of phenolic OH excluding ortho intramolecular Hbond substituents is 1. The summed E-state index contributed by atoms with van der Waals surface area (Å²) in [4.78, 5) is 23.4. The first-order valence-electron chi connectivity index (χ1n) is 7.54. The molecule has 2 amide bonds. The van der Waals surface area contributed by atoms with E-state index in [1.807, 2.05) is 0 Å². The van der Waals surface area contributed by atoms with Crippen LogP contribution in [-0.2, 0) is 4.79 Å². The summed E-state index contributed by atoms with van der Waals surface area (Å²) in [5, 5.41) is 16.5. The fraction of sp³-hybridized carbons (Fsp3) is 0.167. The minimum atomic E-state index is -0.377. The smallest absolute Gasteiger partial charge is 0.271 e. The molecule has 0 unspecified atom stereocenters. The van der Waals surface area contributed by atoms with Crippen molar-refractivity contribution in [2.45, 2.75) is 20.3 Å². The number of nitrogens with one attached hydrogen (secondary N) is 2. The lowest BCUT2D eigenvalue weighted by Crippen LogP contribution is -2.19. The summed E-state index contributed by atoms with van der Waals surface area (Å²) in [7, 11) is 0. The van der Waals surface area contributed by atoms with Crippen molar-refractivity contribution in [3.05, 3.63) is 59.7 Å². The largest absolute Gasteiger partial charge is 0.507 e. The molecule has 2 aromatic carbocycles. The summed E-state index contributed by atoms with van der Waals surface area (Å²) < 4.78 is 0. The molecule has 6 heteroatoms. The van der Waals surface area contributed by atoms with Crippen LogP contribution >= 0.6 is 0 Å². The van der Waals surface area contributed by atoms with Crippen molar-refractivity contribution in [3.8, 4) is 5.75 Å². The highest BCUT2D eigenvalue weighted by Crippen LogP contribution is 2.16. The van der Waals surface area contributed by atoms with Crippen LogP contribution in [0.25, 0.3) is 0 Å². The summed E-state index contributed by atoms with van der Waals surface area (Å²) in [5.41, 5.74) is 4.54. The average Bonchev–Trinajstić information content (AvgIpc) is 2.60. The topological polar surface area (TPSA) is 90.8 Å². The maximum Gasteiger partial charge on any atom is 0.271 e.